The fourth-order valence-electron chi connectivity index (χ4n) is 3.00. The summed E-state index contributed by atoms with van der Waals surface area (Å²) in [6.07, 6.45) is 3.13. The van der Waals surface area contributed by atoms with Gasteiger partial charge in [0, 0.05) is 38.9 Å². The Morgan fingerprint density at radius 2 is 2.10 bits per heavy atom. The lowest BCUT2D eigenvalue weighted by molar-refractivity contribution is -0.139. The zero-order valence-corrected chi connectivity index (χ0v) is 12.2. The third kappa shape index (κ3) is 3.06. The van der Waals surface area contributed by atoms with E-state index in [1.807, 2.05) is 4.90 Å². The monoisotopic (exact) mass is 292 g/mol. The molecule has 0 atom stereocenters. The van der Waals surface area contributed by atoms with Crippen LogP contribution in [-0.4, -0.2) is 57.9 Å². The maximum absolute atomic E-state index is 12.2. The third-order valence-electron chi connectivity index (χ3n) is 4.25. The van der Waals surface area contributed by atoms with Gasteiger partial charge in [-0.15, -0.1) is 0 Å². The van der Waals surface area contributed by atoms with Gasteiger partial charge < -0.3 is 14.3 Å². The van der Waals surface area contributed by atoms with Crippen molar-refractivity contribution in [2.24, 2.45) is 0 Å². The average molecular weight is 292 g/mol. The number of hydrogen-bond donors (Lipinski definition) is 0. The Bertz CT molecular complexity index is 534. The Kier molecular flexibility index (Phi) is 3.90. The number of hydrogen-bond acceptors (Lipinski definition) is 5. The van der Waals surface area contributed by atoms with Crippen LogP contribution in [0.15, 0.2) is 4.52 Å². The van der Waals surface area contributed by atoms with Gasteiger partial charge in [-0.2, -0.15) is 4.98 Å². The lowest BCUT2D eigenvalue weighted by atomic mass is 9.96. The number of likely N-dealkylation sites (tertiary alicyclic amines) is 2. The van der Waals surface area contributed by atoms with Gasteiger partial charge in [-0.05, 0) is 19.3 Å². The van der Waals surface area contributed by atoms with E-state index in [0.29, 0.717) is 31.9 Å². The summed E-state index contributed by atoms with van der Waals surface area (Å²) in [6, 6.07) is 0. The van der Waals surface area contributed by atoms with Crippen LogP contribution in [0.25, 0.3) is 0 Å². The number of carbonyl (C=O) groups is 2. The molecule has 2 amide bonds. The minimum atomic E-state index is 0.0491. The first kappa shape index (κ1) is 14.0. The molecule has 0 aromatic carbocycles. The number of carbonyl (C=O) groups excluding carboxylic acids is 2. The summed E-state index contributed by atoms with van der Waals surface area (Å²) in [5, 5.41) is 3.96. The van der Waals surface area contributed by atoms with Gasteiger partial charge in [-0.1, -0.05) is 5.16 Å². The van der Waals surface area contributed by atoms with E-state index in [1.54, 1.807) is 11.8 Å². The second kappa shape index (κ2) is 5.83. The lowest BCUT2D eigenvalue weighted by Gasteiger charge is -2.31. The average Bonchev–Trinajstić information content (AvgIpc) is 3.08. The number of aryl methyl sites for hydroxylation is 1. The summed E-state index contributed by atoms with van der Waals surface area (Å²) >= 11 is 0. The highest BCUT2D eigenvalue weighted by molar-refractivity contribution is 5.85. The molecule has 0 radical (unpaired) electrons. The van der Waals surface area contributed by atoms with E-state index in [4.69, 9.17) is 4.52 Å². The van der Waals surface area contributed by atoms with E-state index in [9.17, 15) is 9.59 Å². The van der Waals surface area contributed by atoms with Crippen molar-refractivity contribution < 1.29 is 14.1 Å². The minimum Gasteiger partial charge on any atom is -0.341 e. The van der Waals surface area contributed by atoms with Gasteiger partial charge in [0.1, 0.15) is 0 Å². The molecule has 0 aliphatic carbocycles. The third-order valence-corrected chi connectivity index (χ3v) is 4.25. The molecule has 0 unspecified atom stereocenters. The molecule has 2 aliphatic heterocycles. The largest absolute Gasteiger partial charge is 0.341 e. The van der Waals surface area contributed by atoms with Crippen LogP contribution in [0.5, 0.6) is 0 Å². The van der Waals surface area contributed by atoms with E-state index in [-0.39, 0.29) is 24.3 Å². The Morgan fingerprint density at radius 3 is 2.67 bits per heavy atom. The summed E-state index contributed by atoms with van der Waals surface area (Å²) < 4.78 is 5.01. The highest BCUT2D eigenvalue weighted by Gasteiger charge is 2.29. The molecule has 0 spiro atoms. The van der Waals surface area contributed by atoms with Crippen LogP contribution in [0.1, 0.15) is 43.3 Å². The molecule has 21 heavy (non-hydrogen) atoms. The zero-order chi connectivity index (χ0) is 14.8. The maximum atomic E-state index is 12.2. The smallest absolute Gasteiger partial charge is 0.242 e. The molecule has 0 saturated carbocycles. The maximum Gasteiger partial charge on any atom is 0.242 e. The van der Waals surface area contributed by atoms with E-state index >= 15 is 0 Å². The number of rotatable bonds is 3. The van der Waals surface area contributed by atoms with Crippen LogP contribution in [0.4, 0.5) is 0 Å². The van der Waals surface area contributed by atoms with Crippen molar-refractivity contribution in [3.05, 3.63) is 11.7 Å². The predicted molar refractivity (Wildman–Crippen MR) is 73.4 cm³/mol. The van der Waals surface area contributed by atoms with Gasteiger partial charge >= 0.3 is 0 Å². The fourth-order valence-corrected chi connectivity index (χ4v) is 3.00. The number of nitrogens with zero attached hydrogens (tertiary/aromatic N) is 4. The first-order valence-corrected chi connectivity index (χ1v) is 7.49. The molecule has 7 heteroatoms. The minimum absolute atomic E-state index is 0.0491. The van der Waals surface area contributed by atoms with Crippen LogP contribution >= 0.6 is 0 Å². The molecular formula is C14H20N4O3. The quantitative estimate of drug-likeness (QED) is 0.819. The van der Waals surface area contributed by atoms with Crippen molar-refractivity contribution in [2.75, 3.05) is 26.2 Å². The Morgan fingerprint density at radius 1 is 1.33 bits per heavy atom. The summed E-state index contributed by atoms with van der Waals surface area (Å²) in [6.45, 7) is 4.11. The second-order valence-corrected chi connectivity index (χ2v) is 5.75. The van der Waals surface area contributed by atoms with Gasteiger partial charge in [-0.3, -0.25) is 9.59 Å². The molecule has 2 saturated heterocycles. The molecule has 3 heterocycles. The number of piperidine rings is 1. The summed E-state index contributed by atoms with van der Waals surface area (Å²) in [5.74, 6) is 1.73. The normalized spacial score (nSPS) is 20.3. The second-order valence-electron chi connectivity index (χ2n) is 5.75. The van der Waals surface area contributed by atoms with Crippen LogP contribution in [-0.2, 0) is 9.59 Å². The van der Waals surface area contributed by atoms with Crippen LogP contribution in [0.2, 0.25) is 0 Å². The molecule has 0 N–H and O–H groups in total. The van der Waals surface area contributed by atoms with Crippen LogP contribution < -0.4 is 0 Å². The number of amides is 2. The van der Waals surface area contributed by atoms with E-state index in [1.165, 1.54) is 0 Å². The standard InChI is InChI=1S/C14H20N4O3/c1-10-15-14(16-21-10)11-4-7-17(8-5-11)13(20)9-18-6-2-3-12(18)19/h11H,2-9H2,1H3. The fraction of sp³-hybridized carbons (Fsp3) is 0.714. The predicted octanol–water partition coefficient (Wildman–Crippen LogP) is 0.706. The topological polar surface area (TPSA) is 79.5 Å². The van der Waals surface area contributed by atoms with E-state index in [2.05, 4.69) is 10.1 Å². The zero-order valence-electron chi connectivity index (χ0n) is 12.2. The molecule has 2 fully saturated rings. The van der Waals surface area contributed by atoms with Crippen molar-refractivity contribution in [1.29, 1.82) is 0 Å². The van der Waals surface area contributed by atoms with Gasteiger partial charge in [0.05, 0.1) is 6.54 Å². The summed E-state index contributed by atoms with van der Waals surface area (Å²) in [5.41, 5.74) is 0. The molecule has 2 aliphatic rings. The Labute approximate surface area is 123 Å². The van der Waals surface area contributed by atoms with Gasteiger partial charge in [-0.25, -0.2) is 0 Å². The molecule has 7 nitrogen and oxygen atoms in total. The van der Waals surface area contributed by atoms with Crippen molar-refractivity contribution in [3.63, 3.8) is 0 Å². The Hall–Kier alpha value is -1.92. The highest BCUT2D eigenvalue weighted by atomic mass is 16.5. The first-order chi connectivity index (χ1) is 10.1. The Balaban J connectivity index is 1.51. The van der Waals surface area contributed by atoms with E-state index in [0.717, 1.165) is 25.1 Å². The van der Waals surface area contributed by atoms with Gasteiger partial charge in [0.15, 0.2) is 5.82 Å². The SMILES string of the molecule is Cc1nc(C2CCN(C(=O)CN3CCCC3=O)CC2)no1. The summed E-state index contributed by atoms with van der Waals surface area (Å²) in [4.78, 5) is 31.6. The molecule has 0 bridgehead atoms. The first-order valence-electron chi connectivity index (χ1n) is 7.49. The van der Waals surface area contributed by atoms with Crippen LogP contribution in [0.3, 0.4) is 0 Å². The summed E-state index contributed by atoms with van der Waals surface area (Å²) in [7, 11) is 0. The van der Waals surface area contributed by atoms with Crippen molar-refractivity contribution >= 4 is 11.8 Å². The van der Waals surface area contributed by atoms with Crippen molar-refractivity contribution in [1.82, 2.24) is 19.9 Å². The van der Waals surface area contributed by atoms with Gasteiger partial charge in [0.25, 0.3) is 0 Å². The highest BCUT2D eigenvalue weighted by Crippen LogP contribution is 2.26. The molecule has 3 rings (SSSR count). The lowest BCUT2D eigenvalue weighted by Crippen LogP contribution is -2.44. The molecular weight excluding hydrogens is 272 g/mol. The number of aromatic nitrogens is 2. The van der Waals surface area contributed by atoms with E-state index < -0.39 is 0 Å². The molecule has 1 aromatic heterocycles. The molecule has 114 valence electrons. The van der Waals surface area contributed by atoms with Crippen molar-refractivity contribution in [2.45, 2.75) is 38.5 Å². The molecule has 1 aromatic rings. The van der Waals surface area contributed by atoms with Crippen molar-refractivity contribution in [3.8, 4) is 0 Å². The van der Waals surface area contributed by atoms with Gasteiger partial charge in [0.2, 0.25) is 17.7 Å². The van der Waals surface area contributed by atoms with Crippen LogP contribution in [0, 0.1) is 6.92 Å².